The van der Waals surface area contributed by atoms with E-state index in [1.54, 1.807) is 18.2 Å². The minimum absolute atomic E-state index is 0.109. The van der Waals surface area contributed by atoms with E-state index < -0.39 is 19.0 Å². The maximum atomic E-state index is 12.4. The van der Waals surface area contributed by atoms with Crippen LogP contribution >= 0.6 is 0 Å². The third-order valence-corrected chi connectivity index (χ3v) is 5.90. The van der Waals surface area contributed by atoms with Crippen LogP contribution in [0, 0.1) is 0 Å². The number of nitrogens with zero attached hydrogens (tertiary/aromatic N) is 2. The van der Waals surface area contributed by atoms with Crippen molar-refractivity contribution in [2.75, 3.05) is 43.1 Å². The van der Waals surface area contributed by atoms with Gasteiger partial charge in [0.05, 0.1) is 24.2 Å². The zero-order chi connectivity index (χ0) is 25.1. The molecule has 188 valence electrons. The number of imidazole rings is 1. The van der Waals surface area contributed by atoms with Crippen molar-refractivity contribution in [1.82, 2.24) is 9.97 Å². The highest BCUT2D eigenvalue weighted by Gasteiger charge is 2.28. The lowest BCUT2D eigenvalue weighted by atomic mass is 10.1. The Kier molecular flexibility index (Phi) is 6.71. The third-order valence-electron chi connectivity index (χ3n) is 5.90. The maximum Gasteiger partial charge on any atom is 0.422 e. The van der Waals surface area contributed by atoms with Gasteiger partial charge in [-0.15, -0.1) is 0 Å². The zero-order valence-electron chi connectivity index (χ0n) is 19.3. The van der Waals surface area contributed by atoms with E-state index in [4.69, 9.17) is 9.47 Å². The highest BCUT2D eigenvalue weighted by molar-refractivity contribution is 5.80. The fourth-order valence-electron chi connectivity index (χ4n) is 4.03. The Morgan fingerprint density at radius 3 is 2.44 bits per heavy atom. The maximum absolute atomic E-state index is 12.4. The number of benzene rings is 3. The van der Waals surface area contributed by atoms with Crippen LogP contribution < -0.4 is 15.0 Å². The third kappa shape index (κ3) is 5.72. The van der Waals surface area contributed by atoms with Crippen molar-refractivity contribution < 1.29 is 27.8 Å². The number of alkyl halides is 3. The molecule has 0 spiro atoms. The number of halogens is 3. The van der Waals surface area contributed by atoms with E-state index in [-0.39, 0.29) is 5.75 Å². The average molecular weight is 499 g/mol. The van der Waals surface area contributed by atoms with E-state index >= 15 is 0 Å². The molecule has 1 atom stereocenters. The number of morpholine rings is 1. The normalized spacial score (nSPS) is 15.2. The number of aliphatic hydroxyl groups is 1. The van der Waals surface area contributed by atoms with Crippen molar-refractivity contribution in [2.45, 2.75) is 12.4 Å². The molecule has 3 N–H and O–H groups in total. The van der Waals surface area contributed by atoms with Gasteiger partial charge >= 0.3 is 6.18 Å². The van der Waals surface area contributed by atoms with Gasteiger partial charge in [0.15, 0.2) is 12.8 Å². The lowest BCUT2D eigenvalue weighted by Crippen LogP contribution is -2.36. The molecule has 5 rings (SSSR count). The molecule has 10 heteroatoms. The minimum atomic E-state index is -4.40. The molecule has 2 heterocycles. The zero-order valence-corrected chi connectivity index (χ0v) is 19.3. The summed E-state index contributed by atoms with van der Waals surface area (Å²) >= 11 is 0. The van der Waals surface area contributed by atoms with Crippen LogP contribution in [0.5, 0.6) is 5.75 Å². The van der Waals surface area contributed by atoms with Gasteiger partial charge in [0, 0.05) is 41.7 Å². The quantitative estimate of drug-likeness (QED) is 0.307. The molecule has 3 aromatic carbocycles. The van der Waals surface area contributed by atoms with Crippen molar-refractivity contribution in [3.8, 4) is 17.1 Å². The largest absolute Gasteiger partial charge is 0.484 e. The van der Waals surface area contributed by atoms with Gasteiger partial charge in [-0.3, -0.25) is 0 Å². The molecule has 1 aliphatic heterocycles. The number of aliphatic hydroxyl groups excluding tert-OH is 1. The predicted octanol–water partition coefficient (Wildman–Crippen LogP) is 5.11. The first kappa shape index (κ1) is 24.0. The number of hydrogen-bond donors (Lipinski definition) is 3. The van der Waals surface area contributed by atoms with E-state index in [0.717, 1.165) is 43.2 Å². The topological polar surface area (TPSA) is 82.6 Å². The molecule has 0 radical (unpaired) electrons. The van der Waals surface area contributed by atoms with Crippen LogP contribution in [0.1, 0.15) is 11.8 Å². The fraction of sp³-hybridized carbons (Fsp3) is 0.269. The van der Waals surface area contributed by atoms with Crippen molar-refractivity contribution in [3.05, 3.63) is 72.3 Å². The summed E-state index contributed by atoms with van der Waals surface area (Å²) in [5.74, 6) is 0.670. The summed E-state index contributed by atoms with van der Waals surface area (Å²) in [6.07, 6.45) is -5.31. The number of anilines is 2. The monoisotopic (exact) mass is 498 g/mol. The van der Waals surface area contributed by atoms with Crippen molar-refractivity contribution in [2.24, 2.45) is 0 Å². The molecule has 0 aliphatic carbocycles. The Balaban J connectivity index is 1.23. The van der Waals surface area contributed by atoms with E-state index in [2.05, 4.69) is 20.2 Å². The number of aromatic nitrogens is 2. The number of fused-ring (bicyclic) bond motifs is 1. The van der Waals surface area contributed by atoms with Gasteiger partial charge in [-0.1, -0.05) is 24.3 Å². The molecule has 1 aromatic heterocycles. The summed E-state index contributed by atoms with van der Waals surface area (Å²) in [5, 5.41) is 13.7. The van der Waals surface area contributed by atoms with Gasteiger partial charge in [-0.2, -0.15) is 13.2 Å². The second-order valence-electron chi connectivity index (χ2n) is 8.48. The Labute approximate surface area is 205 Å². The molecule has 7 nitrogen and oxygen atoms in total. The molecule has 36 heavy (non-hydrogen) atoms. The summed E-state index contributed by atoms with van der Waals surface area (Å²) in [5.41, 5.74) is 4.54. The standard InChI is InChI=1S/C26H25F3N4O3/c27-26(28,29)16-36-21-9-10-22-23(15-21)32-24(31-22)17-1-3-18(4-2-17)25(34)30-19-5-7-20(8-6-19)33-11-13-35-14-12-33/h1-10,15,25,30,34H,11-14,16H2,(H,31,32). The lowest BCUT2D eigenvalue weighted by Gasteiger charge is -2.29. The molecule has 1 fully saturated rings. The molecule has 0 saturated carbocycles. The number of aromatic amines is 1. The SMILES string of the molecule is OC(Nc1ccc(N2CCOCC2)cc1)c1ccc(-c2nc3ccc(OCC(F)(F)F)cc3[nH]2)cc1. The highest BCUT2D eigenvalue weighted by Crippen LogP contribution is 2.27. The van der Waals surface area contributed by atoms with Gasteiger partial charge < -0.3 is 29.8 Å². The fourth-order valence-corrected chi connectivity index (χ4v) is 4.03. The predicted molar refractivity (Wildman–Crippen MR) is 131 cm³/mol. The molecule has 1 aliphatic rings. The summed E-state index contributed by atoms with van der Waals surface area (Å²) in [6, 6.07) is 19.7. The average Bonchev–Trinajstić information content (AvgIpc) is 3.32. The van der Waals surface area contributed by atoms with Gasteiger partial charge in [-0.25, -0.2) is 4.98 Å². The first-order chi connectivity index (χ1) is 17.3. The first-order valence-corrected chi connectivity index (χ1v) is 11.5. The van der Waals surface area contributed by atoms with Crippen LogP contribution in [0.15, 0.2) is 66.7 Å². The van der Waals surface area contributed by atoms with Crippen LogP contribution in [0.25, 0.3) is 22.4 Å². The minimum Gasteiger partial charge on any atom is -0.484 e. The first-order valence-electron chi connectivity index (χ1n) is 11.5. The van der Waals surface area contributed by atoms with Gasteiger partial charge in [-0.05, 0) is 36.4 Å². The number of ether oxygens (including phenoxy) is 2. The highest BCUT2D eigenvalue weighted by atomic mass is 19.4. The summed E-state index contributed by atoms with van der Waals surface area (Å²) in [6.45, 7) is 1.82. The number of H-pyrrole nitrogens is 1. The molecule has 4 aromatic rings. The van der Waals surface area contributed by atoms with Crippen molar-refractivity contribution in [1.29, 1.82) is 0 Å². The Morgan fingerprint density at radius 2 is 1.75 bits per heavy atom. The van der Waals surface area contributed by atoms with Gasteiger partial charge in [0.1, 0.15) is 11.6 Å². The van der Waals surface area contributed by atoms with Crippen LogP contribution in [-0.2, 0) is 4.74 Å². The van der Waals surface area contributed by atoms with Crippen LogP contribution in [0.2, 0.25) is 0 Å². The molecule has 1 saturated heterocycles. The number of hydrogen-bond acceptors (Lipinski definition) is 6. The number of nitrogens with one attached hydrogen (secondary N) is 2. The van der Waals surface area contributed by atoms with Gasteiger partial charge in [0.25, 0.3) is 0 Å². The smallest absolute Gasteiger partial charge is 0.422 e. The molecule has 1 unspecified atom stereocenters. The van der Waals surface area contributed by atoms with E-state index in [1.165, 1.54) is 12.1 Å². The van der Waals surface area contributed by atoms with Crippen LogP contribution in [-0.4, -0.2) is 54.2 Å². The molecule has 0 amide bonds. The van der Waals surface area contributed by atoms with Crippen molar-refractivity contribution in [3.63, 3.8) is 0 Å². The van der Waals surface area contributed by atoms with E-state index in [0.29, 0.717) is 22.4 Å². The second kappa shape index (κ2) is 10.1. The summed E-state index contributed by atoms with van der Waals surface area (Å²) < 4.78 is 47.4. The van der Waals surface area contributed by atoms with E-state index in [9.17, 15) is 18.3 Å². The second-order valence-corrected chi connectivity index (χ2v) is 8.48. The van der Waals surface area contributed by atoms with Crippen LogP contribution in [0.4, 0.5) is 24.5 Å². The van der Waals surface area contributed by atoms with Gasteiger partial charge in [0.2, 0.25) is 0 Å². The van der Waals surface area contributed by atoms with E-state index in [1.807, 2.05) is 36.4 Å². The Bertz CT molecular complexity index is 1300. The Morgan fingerprint density at radius 1 is 1.03 bits per heavy atom. The Hall–Kier alpha value is -3.76. The molecular formula is C26H25F3N4O3. The van der Waals surface area contributed by atoms with Crippen molar-refractivity contribution >= 4 is 22.4 Å². The lowest BCUT2D eigenvalue weighted by molar-refractivity contribution is -0.153. The molecular weight excluding hydrogens is 473 g/mol. The summed E-state index contributed by atoms with van der Waals surface area (Å²) in [4.78, 5) is 9.87. The van der Waals surface area contributed by atoms with Crippen LogP contribution in [0.3, 0.4) is 0 Å². The number of rotatable bonds is 7. The molecule has 0 bridgehead atoms. The summed E-state index contributed by atoms with van der Waals surface area (Å²) in [7, 11) is 0.